The highest BCUT2D eigenvalue weighted by atomic mass is 32.1. The van der Waals surface area contributed by atoms with Gasteiger partial charge in [0, 0.05) is 29.6 Å². The predicted molar refractivity (Wildman–Crippen MR) is 149 cm³/mol. The molecule has 0 spiro atoms. The molecule has 2 atom stereocenters. The first kappa shape index (κ1) is 29.2. The minimum atomic E-state index is -1.12. The Morgan fingerprint density at radius 3 is 2.62 bits per heavy atom. The van der Waals surface area contributed by atoms with Gasteiger partial charge in [-0.05, 0) is 52.0 Å². The zero-order valence-electron chi connectivity index (χ0n) is 22.9. The Bertz CT molecular complexity index is 1630. The number of hydrogen-bond donors (Lipinski definition) is 2. The molecular weight excluding hydrogens is 541 g/mol. The zero-order chi connectivity index (χ0) is 29.1. The van der Waals surface area contributed by atoms with Crippen molar-refractivity contribution in [3.8, 4) is 10.8 Å². The van der Waals surface area contributed by atoms with E-state index in [1.54, 1.807) is 43.9 Å². The molecule has 4 aromatic rings. The minimum absolute atomic E-state index is 0.100. The molecule has 0 aliphatic rings. The molecule has 0 bridgehead atoms. The minimum Gasteiger partial charge on any atom is -0.496 e. The lowest BCUT2D eigenvalue weighted by Crippen LogP contribution is -2.47. The van der Waals surface area contributed by atoms with Crippen molar-refractivity contribution in [2.45, 2.75) is 52.4 Å². The summed E-state index contributed by atoms with van der Waals surface area (Å²) < 4.78 is 29.5. The fourth-order valence-electron chi connectivity index (χ4n) is 4.54. The van der Waals surface area contributed by atoms with E-state index in [-0.39, 0.29) is 31.2 Å². The van der Waals surface area contributed by atoms with Crippen LogP contribution in [0.4, 0.5) is 4.39 Å². The van der Waals surface area contributed by atoms with Crippen LogP contribution < -0.4 is 21.3 Å². The van der Waals surface area contributed by atoms with E-state index in [9.17, 15) is 23.9 Å². The van der Waals surface area contributed by atoms with Gasteiger partial charge in [0.2, 0.25) is 5.91 Å². The number of thiophene rings is 1. The Balaban J connectivity index is 1.99. The second-order valence-corrected chi connectivity index (χ2v) is 10.5. The van der Waals surface area contributed by atoms with Crippen LogP contribution in [-0.2, 0) is 16.1 Å². The smallest absolute Gasteiger partial charge is 0.332 e. The molecule has 13 heteroatoms. The normalized spacial score (nSPS) is 13.1. The molecule has 3 aromatic heterocycles. The average Bonchev–Trinajstić information content (AvgIpc) is 3.56. The van der Waals surface area contributed by atoms with Gasteiger partial charge in [-0.1, -0.05) is 11.3 Å². The number of carbonyl (C=O) groups excluding carboxylic acids is 1. The first-order valence-corrected chi connectivity index (χ1v) is 13.5. The highest BCUT2D eigenvalue weighted by Crippen LogP contribution is 2.34. The Hall–Kier alpha value is -3.81. The number of ether oxygens (including phenoxy) is 2. The molecule has 1 amide bonds. The number of methoxy groups -OCH3 is 1. The predicted octanol–water partition coefficient (Wildman–Crippen LogP) is 2.70. The number of halogens is 1. The number of fused-ring (bicyclic) bond motifs is 1. The number of nitrogens with zero attached hydrogens (tertiary/aromatic N) is 4. The third-order valence-electron chi connectivity index (χ3n) is 6.43. The summed E-state index contributed by atoms with van der Waals surface area (Å²) >= 11 is 1.19. The number of nitrogens with one attached hydrogen (secondary N) is 1. The number of aliphatic hydroxyl groups is 1. The molecule has 1 unspecified atom stereocenters. The lowest BCUT2D eigenvalue weighted by atomic mass is 10.1. The van der Waals surface area contributed by atoms with Gasteiger partial charge in [-0.25, -0.2) is 18.4 Å². The quantitative estimate of drug-likeness (QED) is 0.282. The molecule has 3 heterocycles. The van der Waals surface area contributed by atoms with Crippen LogP contribution >= 0.6 is 11.3 Å². The van der Waals surface area contributed by atoms with Gasteiger partial charge >= 0.3 is 5.69 Å². The molecule has 4 rings (SSSR count). The number of hydrogen-bond acceptors (Lipinski definition) is 8. The highest BCUT2D eigenvalue weighted by molar-refractivity contribution is 7.21. The van der Waals surface area contributed by atoms with Gasteiger partial charge in [-0.15, -0.1) is 0 Å². The molecule has 2 N–H and O–H groups in total. The molecule has 214 valence electrons. The second-order valence-electron chi connectivity index (χ2n) is 9.54. The molecule has 0 saturated heterocycles. The fraction of sp³-hybridized carbons (Fsp3) is 0.407. The van der Waals surface area contributed by atoms with E-state index < -0.39 is 35.1 Å². The van der Waals surface area contributed by atoms with Gasteiger partial charge in [-0.2, -0.15) is 5.10 Å². The molecule has 0 radical (unpaired) electrons. The molecule has 40 heavy (non-hydrogen) atoms. The fourth-order valence-corrected chi connectivity index (χ4v) is 5.79. The Morgan fingerprint density at radius 1 is 1.25 bits per heavy atom. The van der Waals surface area contributed by atoms with Crippen LogP contribution in [0.3, 0.4) is 0 Å². The van der Waals surface area contributed by atoms with E-state index in [1.165, 1.54) is 48.1 Å². The number of amides is 1. The topological polar surface area (TPSA) is 130 Å². The van der Waals surface area contributed by atoms with E-state index in [2.05, 4.69) is 10.4 Å². The van der Waals surface area contributed by atoms with Crippen LogP contribution in [-0.4, -0.2) is 56.3 Å². The summed E-state index contributed by atoms with van der Waals surface area (Å²) in [7, 11) is 1.43. The van der Waals surface area contributed by atoms with Gasteiger partial charge < -0.3 is 19.9 Å². The van der Waals surface area contributed by atoms with Crippen molar-refractivity contribution < 1.29 is 23.8 Å². The van der Waals surface area contributed by atoms with Crippen molar-refractivity contribution >= 4 is 27.5 Å². The van der Waals surface area contributed by atoms with Crippen LogP contribution in [0.15, 0.2) is 46.2 Å². The van der Waals surface area contributed by atoms with Gasteiger partial charge in [-0.3, -0.25) is 14.2 Å². The monoisotopic (exact) mass is 573 g/mol. The van der Waals surface area contributed by atoms with Crippen molar-refractivity contribution in [3.05, 3.63) is 74.4 Å². The molecule has 11 nitrogen and oxygen atoms in total. The molecule has 0 aliphatic heterocycles. The second kappa shape index (κ2) is 12.1. The van der Waals surface area contributed by atoms with Crippen molar-refractivity contribution in [2.75, 3.05) is 20.3 Å². The SMILES string of the molecule is COc1ccc(F)cc1[C@H](Cn1c(=O)n(C(C)C(=O)NC(C)C)c(=O)c2c(C)c(-n3cccn3)sc21)OCCO. The van der Waals surface area contributed by atoms with Crippen LogP contribution in [0, 0.1) is 12.7 Å². The average molecular weight is 574 g/mol. The molecule has 1 aromatic carbocycles. The maximum absolute atomic E-state index is 14.3. The van der Waals surface area contributed by atoms with Crippen LogP contribution in [0.1, 0.15) is 44.0 Å². The van der Waals surface area contributed by atoms with E-state index in [1.807, 2.05) is 0 Å². The highest BCUT2D eigenvalue weighted by Gasteiger charge is 2.28. The van der Waals surface area contributed by atoms with Gasteiger partial charge in [0.1, 0.15) is 33.5 Å². The largest absolute Gasteiger partial charge is 0.496 e. The maximum atomic E-state index is 14.3. The summed E-state index contributed by atoms with van der Waals surface area (Å²) in [4.78, 5) is 41.1. The number of aromatic nitrogens is 4. The van der Waals surface area contributed by atoms with Crippen molar-refractivity contribution in [1.29, 1.82) is 0 Å². The van der Waals surface area contributed by atoms with Crippen molar-refractivity contribution in [2.24, 2.45) is 0 Å². The number of rotatable bonds is 11. The maximum Gasteiger partial charge on any atom is 0.332 e. The van der Waals surface area contributed by atoms with Gasteiger partial charge in [0.05, 0.1) is 32.3 Å². The number of aliphatic hydroxyl groups excluding tert-OH is 1. The number of benzene rings is 1. The van der Waals surface area contributed by atoms with Gasteiger partial charge in [0.25, 0.3) is 5.56 Å². The van der Waals surface area contributed by atoms with Crippen LogP contribution in [0.5, 0.6) is 5.75 Å². The first-order valence-electron chi connectivity index (χ1n) is 12.7. The number of aryl methyl sites for hydroxylation is 1. The van der Waals surface area contributed by atoms with Gasteiger partial charge in [0.15, 0.2) is 0 Å². The molecular formula is C27H32FN5O6S. The summed E-state index contributed by atoms with van der Waals surface area (Å²) in [5, 5.41) is 17.4. The van der Waals surface area contributed by atoms with Crippen molar-refractivity contribution in [1.82, 2.24) is 24.2 Å². The van der Waals surface area contributed by atoms with E-state index in [0.717, 1.165) is 4.57 Å². The summed E-state index contributed by atoms with van der Waals surface area (Å²) in [6, 6.07) is 4.34. The Labute approximate surface area is 233 Å². The molecule has 0 fully saturated rings. The van der Waals surface area contributed by atoms with E-state index in [4.69, 9.17) is 9.47 Å². The zero-order valence-corrected chi connectivity index (χ0v) is 23.7. The summed E-state index contributed by atoms with van der Waals surface area (Å²) in [5.41, 5.74) is -0.431. The van der Waals surface area contributed by atoms with Crippen LogP contribution in [0.2, 0.25) is 0 Å². The Kier molecular flexibility index (Phi) is 8.86. The van der Waals surface area contributed by atoms with E-state index >= 15 is 0 Å². The number of carbonyl (C=O) groups is 1. The molecule has 0 aliphatic carbocycles. The third kappa shape index (κ3) is 5.58. The van der Waals surface area contributed by atoms with Crippen molar-refractivity contribution in [3.63, 3.8) is 0 Å². The lowest BCUT2D eigenvalue weighted by molar-refractivity contribution is -0.124. The molecule has 0 saturated carbocycles. The summed E-state index contributed by atoms with van der Waals surface area (Å²) in [6.45, 7) is 6.23. The third-order valence-corrected chi connectivity index (χ3v) is 7.73. The first-order chi connectivity index (χ1) is 19.1. The summed E-state index contributed by atoms with van der Waals surface area (Å²) in [5.74, 6) is -0.700. The lowest BCUT2D eigenvalue weighted by Gasteiger charge is -2.23. The Morgan fingerprint density at radius 2 is 2.00 bits per heavy atom. The summed E-state index contributed by atoms with van der Waals surface area (Å²) in [6.07, 6.45) is 2.38. The van der Waals surface area contributed by atoms with E-state index in [0.29, 0.717) is 26.7 Å². The van der Waals surface area contributed by atoms with Crippen LogP contribution in [0.25, 0.3) is 15.2 Å². The standard InChI is InChI=1S/C27H32FN5O6S/c1-15(2)30-23(35)17(4)33-24(36)22-16(3)25(32-10-6-9-29-32)40-26(22)31(27(33)37)14-21(39-12-11-34)19-13-18(28)7-8-20(19)38-5/h6-10,13,15,17,21,34H,11-12,14H2,1-5H3,(H,30,35)/t17?,21-/m0/s1.